The van der Waals surface area contributed by atoms with Crippen LogP contribution in [0.5, 0.6) is 0 Å². The van der Waals surface area contributed by atoms with Gasteiger partial charge in [-0.3, -0.25) is 0 Å². The number of halogens is 1. The third kappa shape index (κ3) is 2.03. The van der Waals surface area contributed by atoms with Gasteiger partial charge in [0.2, 0.25) is 0 Å². The molecule has 13 heavy (non-hydrogen) atoms. The van der Waals surface area contributed by atoms with E-state index in [1.807, 2.05) is 6.07 Å². The fourth-order valence-electron chi connectivity index (χ4n) is 0.964. The Hall–Kier alpha value is -0.130. The standard InChI is InChI=1S/C8H7BrN2S2/c1-2-12-8-11-6-3-5(9)4-10-7(6)13-8/h3-4H,2H2,1H3. The number of thiazole rings is 1. The molecule has 0 aliphatic heterocycles. The van der Waals surface area contributed by atoms with Crippen LogP contribution in [0.2, 0.25) is 0 Å². The van der Waals surface area contributed by atoms with Crippen molar-refractivity contribution in [3.63, 3.8) is 0 Å². The van der Waals surface area contributed by atoms with Crippen molar-refractivity contribution >= 4 is 49.4 Å². The molecule has 0 aliphatic rings. The molecular weight excluding hydrogens is 268 g/mol. The van der Waals surface area contributed by atoms with Crippen LogP contribution in [0.1, 0.15) is 6.92 Å². The van der Waals surface area contributed by atoms with Crippen LogP contribution in [0.3, 0.4) is 0 Å². The zero-order valence-electron chi connectivity index (χ0n) is 6.95. The predicted octanol–water partition coefficient (Wildman–Crippen LogP) is 3.57. The van der Waals surface area contributed by atoms with E-state index >= 15 is 0 Å². The van der Waals surface area contributed by atoms with Crippen molar-refractivity contribution in [1.82, 2.24) is 9.97 Å². The molecule has 0 amide bonds. The van der Waals surface area contributed by atoms with Crippen molar-refractivity contribution in [2.24, 2.45) is 0 Å². The zero-order chi connectivity index (χ0) is 9.26. The van der Waals surface area contributed by atoms with E-state index in [-0.39, 0.29) is 0 Å². The third-order valence-corrected chi connectivity index (χ3v) is 3.90. The molecule has 0 N–H and O–H groups in total. The maximum absolute atomic E-state index is 4.45. The fraction of sp³-hybridized carbons (Fsp3) is 0.250. The molecule has 2 rings (SSSR count). The Labute approximate surface area is 92.9 Å². The highest BCUT2D eigenvalue weighted by atomic mass is 79.9. The summed E-state index contributed by atoms with van der Waals surface area (Å²) in [5.41, 5.74) is 0.982. The van der Waals surface area contributed by atoms with E-state index in [0.717, 1.165) is 24.9 Å². The summed E-state index contributed by atoms with van der Waals surface area (Å²) in [6, 6.07) is 2.00. The Balaban J connectivity index is 2.49. The summed E-state index contributed by atoms with van der Waals surface area (Å²) in [5.74, 6) is 1.06. The molecule has 0 saturated heterocycles. The maximum Gasteiger partial charge on any atom is 0.152 e. The number of aromatic nitrogens is 2. The van der Waals surface area contributed by atoms with Crippen molar-refractivity contribution in [3.05, 3.63) is 16.7 Å². The Morgan fingerprint density at radius 2 is 2.46 bits per heavy atom. The lowest BCUT2D eigenvalue weighted by molar-refractivity contribution is 1.28. The van der Waals surface area contributed by atoms with E-state index in [1.54, 1.807) is 29.3 Å². The van der Waals surface area contributed by atoms with E-state index < -0.39 is 0 Å². The number of pyridine rings is 1. The van der Waals surface area contributed by atoms with Gasteiger partial charge in [0.25, 0.3) is 0 Å². The molecule has 0 saturated carbocycles. The third-order valence-electron chi connectivity index (χ3n) is 1.46. The molecule has 0 aromatic carbocycles. The summed E-state index contributed by atoms with van der Waals surface area (Å²) in [6.07, 6.45) is 1.81. The van der Waals surface area contributed by atoms with Gasteiger partial charge in [0.1, 0.15) is 10.3 Å². The van der Waals surface area contributed by atoms with Crippen molar-refractivity contribution in [2.45, 2.75) is 11.3 Å². The molecule has 0 unspecified atom stereocenters. The SMILES string of the molecule is CCSc1nc2cc(Br)cnc2s1. The lowest BCUT2D eigenvalue weighted by atomic mass is 10.5. The molecule has 0 bridgehead atoms. The summed E-state index contributed by atoms with van der Waals surface area (Å²) in [5, 5.41) is 0. The minimum Gasteiger partial charge on any atom is -0.242 e. The Morgan fingerprint density at radius 1 is 1.62 bits per heavy atom. The van der Waals surface area contributed by atoms with Crippen molar-refractivity contribution in [2.75, 3.05) is 5.75 Å². The van der Waals surface area contributed by atoms with Gasteiger partial charge < -0.3 is 0 Å². The number of thioether (sulfide) groups is 1. The molecular formula is C8H7BrN2S2. The van der Waals surface area contributed by atoms with Crippen LogP contribution in [0, 0.1) is 0 Å². The summed E-state index contributed by atoms with van der Waals surface area (Å²) in [7, 11) is 0. The largest absolute Gasteiger partial charge is 0.242 e. The van der Waals surface area contributed by atoms with Gasteiger partial charge >= 0.3 is 0 Å². The molecule has 0 radical (unpaired) electrons. The zero-order valence-corrected chi connectivity index (χ0v) is 10.2. The topological polar surface area (TPSA) is 25.8 Å². The van der Waals surface area contributed by atoms with Gasteiger partial charge in [0.15, 0.2) is 4.34 Å². The monoisotopic (exact) mass is 274 g/mol. The summed E-state index contributed by atoms with van der Waals surface area (Å²) in [4.78, 5) is 9.74. The van der Waals surface area contributed by atoms with Crippen LogP contribution in [0.4, 0.5) is 0 Å². The molecule has 0 fully saturated rings. The second kappa shape index (κ2) is 3.94. The van der Waals surface area contributed by atoms with Crippen LogP contribution < -0.4 is 0 Å². The van der Waals surface area contributed by atoms with Gasteiger partial charge in [-0.1, -0.05) is 30.0 Å². The van der Waals surface area contributed by atoms with Gasteiger partial charge in [-0.2, -0.15) is 0 Å². The van der Waals surface area contributed by atoms with Gasteiger partial charge in [-0.25, -0.2) is 9.97 Å². The number of nitrogens with zero attached hydrogens (tertiary/aromatic N) is 2. The molecule has 0 aliphatic carbocycles. The number of hydrogen-bond acceptors (Lipinski definition) is 4. The number of rotatable bonds is 2. The summed E-state index contributed by atoms with van der Waals surface area (Å²) in [6.45, 7) is 2.13. The molecule has 5 heteroatoms. The van der Waals surface area contributed by atoms with E-state index in [4.69, 9.17) is 0 Å². The van der Waals surface area contributed by atoms with Crippen LogP contribution in [-0.4, -0.2) is 15.7 Å². The molecule has 0 spiro atoms. The second-order valence-electron chi connectivity index (χ2n) is 2.39. The lowest BCUT2D eigenvalue weighted by Gasteiger charge is -1.86. The summed E-state index contributed by atoms with van der Waals surface area (Å²) >= 11 is 6.79. The number of hydrogen-bond donors (Lipinski definition) is 0. The first-order valence-electron chi connectivity index (χ1n) is 3.84. The molecule has 68 valence electrons. The normalized spacial score (nSPS) is 10.9. The average molecular weight is 275 g/mol. The van der Waals surface area contributed by atoms with E-state index in [1.165, 1.54) is 0 Å². The molecule has 0 atom stereocenters. The molecule has 2 heterocycles. The van der Waals surface area contributed by atoms with Gasteiger partial charge in [-0.05, 0) is 27.7 Å². The molecule has 2 aromatic heterocycles. The highest BCUT2D eigenvalue weighted by Gasteiger charge is 2.04. The Morgan fingerprint density at radius 3 is 3.23 bits per heavy atom. The fourth-order valence-corrected chi connectivity index (χ4v) is 3.14. The highest BCUT2D eigenvalue weighted by molar-refractivity contribution is 9.10. The first kappa shape index (κ1) is 9.43. The van der Waals surface area contributed by atoms with Crippen molar-refractivity contribution < 1.29 is 0 Å². The van der Waals surface area contributed by atoms with E-state index in [0.29, 0.717) is 0 Å². The molecule has 2 aromatic rings. The summed E-state index contributed by atoms with van der Waals surface area (Å²) < 4.78 is 2.08. The van der Waals surface area contributed by atoms with Crippen LogP contribution >= 0.6 is 39.0 Å². The Bertz CT molecular complexity index is 427. The number of fused-ring (bicyclic) bond motifs is 1. The predicted molar refractivity (Wildman–Crippen MR) is 61.5 cm³/mol. The quantitative estimate of drug-likeness (QED) is 0.784. The highest BCUT2D eigenvalue weighted by Crippen LogP contribution is 2.28. The first-order valence-corrected chi connectivity index (χ1v) is 6.44. The van der Waals surface area contributed by atoms with Crippen LogP contribution in [0.25, 0.3) is 10.3 Å². The van der Waals surface area contributed by atoms with Crippen LogP contribution in [0.15, 0.2) is 21.1 Å². The second-order valence-corrected chi connectivity index (χ2v) is 5.79. The Kier molecular flexibility index (Phi) is 2.86. The van der Waals surface area contributed by atoms with E-state index in [2.05, 4.69) is 32.8 Å². The average Bonchev–Trinajstić information content (AvgIpc) is 2.46. The van der Waals surface area contributed by atoms with Crippen molar-refractivity contribution in [1.29, 1.82) is 0 Å². The first-order chi connectivity index (χ1) is 6.29. The van der Waals surface area contributed by atoms with Crippen molar-refractivity contribution in [3.8, 4) is 0 Å². The van der Waals surface area contributed by atoms with E-state index in [9.17, 15) is 0 Å². The van der Waals surface area contributed by atoms with Gasteiger partial charge in [-0.15, -0.1) is 0 Å². The molecule has 2 nitrogen and oxygen atoms in total. The minimum atomic E-state index is 0.982. The lowest BCUT2D eigenvalue weighted by Crippen LogP contribution is -1.73. The smallest absolute Gasteiger partial charge is 0.152 e. The maximum atomic E-state index is 4.45. The van der Waals surface area contributed by atoms with Gasteiger partial charge in [0, 0.05) is 10.7 Å². The van der Waals surface area contributed by atoms with Gasteiger partial charge in [0.05, 0.1) is 0 Å². The minimum absolute atomic E-state index is 0.982. The van der Waals surface area contributed by atoms with Crippen LogP contribution in [-0.2, 0) is 0 Å².